The molecule has 338 valence electrons. The average molecular weight is 1030 g/mol. The van der Waals surface area contributed by atoms with Crippen molar-refractivity contribution in [3.05, 3.63) is 91.0 Å². The summed E-state index contributed by atoms with van der Waals surface area (Å²) >= 11 is 7.08. The predicted octanol–water partition coefficient (Wildman–Crippen LogP) is 9.99. The van der Waals surface area contributed by atoms with Gasteiger partial charge in [-0.1, -0.05) is 103 Å². The zero-order valence-corrected chi connectivity index (χ0v) is 40.3. The number of fused-ring (bicyclic) bond motifs is 2. The summed E-state index contributed by atoms with van der Waals surface area (Å²) in [4.78, 5) is 36.4. The van der Waals surface area contributed by atoms with E-state index in [-0.39, 0.29) is 58.4 Å². The van der Waals surface area contributed by atoms with E-state index in [1.165, 1.54) is 22.3 Å². The van der Waals surface area contributed by atoms with Crippen molar-refractivity contribution < 1.29 is 44.4 Å². The molecule has 20 heteroatoms. The lowest BCUT2D eigenvalue weighted by Crippen LogP contribution is -2.25. The number of carbonyl (C=O) groups excluding carboxylic acids is 2. The quantitative estimate of drug-likeness (QED) is 0.0956. The van der Waals surface area contributed by atoms with Gasteiger partial charge in [-0.25, -0.2) is 0 Å². The standard InChI is InChI=1S/C20H26BrN3O2.C18H22BrN3O2.C3H5F3O3S.ClH/c1-5-24-9-8-13(16-7-6-15(21)10-14(16)12-24)11-17(25)18-22-19(23-26-18)20(2,3)4;1-18(2,3)17-21-16(24-22-17)15(23)9-11-6-7-20-10-12-8-13(19)4-5-14(11)12;1-2-9-10(7,8)3(4,5)6;/h6-7,10,13H,5,8-9,11-12H2,1-4H3;4-5,8,11,20H,6-7,9-10H2,1-3H3;2H2,1H3;1H/t13-;11-;;/m00../s1. The second-order valence-corrected chi connectivity index (χ2v) is 20.0. The summed E-state index contributed by atoms with van der Waals surface area (Å²) in [6.45, 7) is 19.5. The zero-order valence-electron chi connectivity index (χ0n) is 35.5. The van der Waals surface area contributed by atoms with Gasteiger partial charge in [-0.2, -0.15) is 31.6 Å². The Balaban J connectivity index is 0.000000264. The summed E-state index contributed by atoms with van der Waals surface area (Å²) in [5, 5.41) is 11.3. The van der Waals surface area contributed by atoms with Crippen LogP contribution in [0.3, 0.4) is 0 Å². The van der Waals surface area contributed by atoms with E-state index in [2.05, 4.69) is 104 Å². The minimum absolute atomic E-state index is 0. The second-order valence-electron chi connectivity index (χ2n) is 16.6. The number of Topliss-reactive ketones (excluding diaryl/α,β-unsaturated/α-hetero) is 2. The van der Waals surface area contributed by atoms with Gasteiger partial charge < -0.3 is 14.4 Å². The Bertz CT molecular complexity index is 2210. The molecular formula is C41H54Br2ClF3N6O7S. The molecule has 0 saturated heterocycles. The summed E-state index contributed by atoms with van der Waals surface area (Å²) in [7, 11) is -5.35. The lowest BCUT2D eigenvalue weighted by Gasteiger charge is -2.17. The van der Waals surface area contributed by atoms with Crippen LogP contribution in [0.2, 0.25) is 0 Å². The van der Waals surface area contributed by atoms with Crippen molar-refractivity contribution in [1.29, 1.82) is 0 Å². The highest BCUT2D eigenvalue weighted by molar-refractivity contribution is 9.10. The monoisotopic (exact) mass is 1020 g/mol. The van der Waals surface area contributed by atoms with Crippen LogP contribution in [0.5, 0.6) is 0 Å². The van der Waals surface area contributed by atoms with Crippen LogP contribution in [0.25, 0.3) is 0 Å². The topological polar surface area (TPSA) is 171 Å². The second kappa shape index (κ2) is 22.0. The Morgan fingerprint density at radius 1 is 0.820 bits per heavy atom. The lowest BCUT2D eigenvalue weighted by atomic mass is 9.88. The van der Waals surface area contributed by atoms with E-state index in [9.17, 15) is 31.2 Å². The molecule has 0 bridgehead atoms. The van der Waals surface area contributed by atoms with Gasteiger partial charge in [0, 0.05) is 45.7 Å². The van der Waals surface area contributed by atoms with Crippen LogP contribution in [0, 0.1) is 0 Å². The van der Waals surface area contributed by atoms with Crippen molar-refractivity contribution in [1.82, 2.24) is 30.5 Å². The fourth-order valence-corrected chi connectivity index (χ4v) is 7.79. The zero-order chi connectivity index (χ0) is 44.6. The Labute approximate surface area is 378 Å². The highest BCUT2D eigenvalue weighted by Gasteiger charge is 2.47. The Morgan fingerprint density at radius 2 is 1.30 bits per heavy atom. The maximum absolute atomic E-state index is 12.8. The largest absolute Gasteiger partial charge is 0.523 e. The molecule has 1 N–H and O–H groups in total. The van der Waals surface area contributed by atoms with Gasteiger partial charge in [0.15, 0.2) is 11.6 Å². The van der Waals surface area contributed by atoms with Crippen molar-refractivity contribution in [2.45, 2.75) is 122 Å². The molecule has 0 saturated carbocycles. The molecular weight excluding hydrogens is 973 g/mol. The summed E-state index contributed by atoms with van der Waals surface area (Å²) in [6.07, 6.45) is 2.66. The summed E-state index contributed by atoms with van der Waals surface area (Å²) in [5.41, 5.74) is -0.751. The number of aromatic nitrogens is 4. The number of alkyl halides is 3. The van der Waals surface area contributed by atoms with Crippen molar-refractivity contribution in [2.24, 2.45) is 0 Å². The van der Waals surface area contributed by atoms with Crippen molar-refractivity contribution in [3.63, 3.8) is 0 Å². The minimum Gasteiger partial charge on any atom is -0.331 e. The fraction of sp³-hybridized carbons (Fsp3) is 0.561. The number of halogens is 6. The van der Waals surface area contributed by atoms with Crippen molar-refractivity contribution in [2.75, 3.05) is 26.2 Å². The Morgan fingerprint density at radius 3 is 1.72 bits per heavy atom. The molecule has 6 rings (SSSR count). The van der Waals surface area contributed by atoms with Gasteiger partial charge in [-0.15, -0.1) is 12.4 Å². The van der Waals surface area contributed by atoms with Gasteiger partial charge in [0.2, 0.25) is 11.6 Å². The van der Waals surface area contributed by atoms with Crippen LogP contribution in [-0.4, -0.2) is 76.9 Å². The average Bonchev–Trinajstić information content (AvgIpc) is 3.79. The molecule has 4 aromatic rings. The first kappa shape index (κ1) is 52.3. The highest BCUT2D eigenvalue weighted by Crippen LogP contribution is 2.35. The number of nitrogens with one attached hydrogen (secondary N) is 1. The molecule has 0 aliphatic carbocycles. The molecule has 4 heterocycles. The molecule has 0 fully saturated rings. The normalized spacial score (nSPS) is 17.2. The van der Waals surface area contributed by atoms with Crippen LogP contribution in [-0.2, 0) is 38.2 Å². The van der Waals surface area contributed by atoms with E-state index >= 15 is 0 Å². The number of carbonyl (C=O) groups is 2. The SMILES string of the molecule is CC(C)(C)c1noc(C(=O)C[C@@H]2CCNCc3cc(Br)ccc32)n1.CCN1CC[C@@H](CC(=O)c2nc(C(C)(C)C)no2)c2ccc(Br)cc2C1.CCOS(=O)(=O)C(F)(F)F.Cl. The predicted molar refractivity (Wildman–Crippen MR) is 233 cm³/mol. The summed E-state index contributed by atoms with van der Waals surface area (Å²) in [6, 6.07) is 12.6. The van der Waals surface area contributed by atoms with Crippen LogP contribution in [0.1, 0.15) is 148 Å². The maximum atomic E-state index is 12.8. The molecule has 0 radical (unpaired) electrons. The van der Waals surface area contributed by atoms with E-state index in [0.29, 0.717) is 24.5 Å². The highest BCUT2D eigenvalue weighted by atomic mass is 79.9. The van der Waals surface area contributed by atoms with Gasteiger partial charge in [0.1, 0.15) is 0 Å². The summed E-state index contributed by atoms with van der Waals surface area (Å²) < 4.78 is 69.8. The van der Waals surface area contributed by atoms with Crippen LogP contribution in [0.4, 0.5) is 13.2 Å². The molecule has 0 unspecified atom stereocenters. The van der Waals surface area contributed by atoms with Crippen LogP contribution >= 0.6 is 44.3 Å². The van der Waals surface area contributed by atoms with Gasteiger partial charge in [-0.05, 0) is 97.8 Å². The third kappa shape index (κ3) is 14.7. The number of benzene rings is 2. The molecule has 2 aromatic heterocycles. The molecule has 13 nitrogen and oxygen atoms in total. The van der Waals surface area contributed by atoms with Crippen molar-refractivity contribution >= 4 is 66.0 Å². The van der Waals surface area contributed by atoms with Gasteiger partial charge >= 0.3 is 15.6 Å². The smallest absolute Gasteiger partial charge is 0.331 e. The fourth-order valence-electron chi connectivity index (χ4n) is 6.52. The van der Waals surface area contributed by atoms with E-state index in [1.54, 1.807) is 0 Å². The molecule has 0 spiro atoms. The summed E-state index contributed by atoms with van der Waals surface area (Å²) in [5.74, 6) is 1.57. The van der Waals surface area contributed by atoms with Crippen LogP contribution in [0.15, 0.2) is 54.4 Å². The first-order valence-electron chi connectivity index (χ1n) is 19.6. The molecule has 2 atom stereocenters. The van der Waals surface area contributed by atoms with Gasteiger partial charge in [0.25, 0.3) is 11.8 Å². The van der Waals surface area contributed by atoms with Crippen molar-refractivity contribution in [3.8, 4) is 0 Å². The van der Waals surface area contributed by atoms with Gasteiger partial charge in [0.05, 0.1) is 6.61 Å². The number of rotatable bonds is 9. The first-order chi connectivity index (χ1) is 27.9. The third-order valence-electron chi connectivity index (χ3n) is 9.80. The number of hydrogen-bond donors (Lipinski definition) is 1. The van der Waals surface area contributed by atoms with E-state index in [1.807, 2.05) is 47.6 Å². The van der Waals surface area contributed by atoms with Gasteiger partial charge in [-0.3, -0.25) is 18.7 Å². The number of hydrogen-bond acceptors (Lipinski definition) is 13. The first-order valence-corrected chi connectivity index (χ1v) is 22.6. The third-order valence-corrected chi connectivity index (χ3v) is 11.9. The molecule has 2 aliphatic rings. The number of ketones is 2. The van der Waals surface area contributed by atoms with E-state index < -0.39 is 22.2 Å². The molecule has 2 aliphatic heterocycles. The molecule has 0 amide bonds. The maximum Gasteiger partial charge on any atom is 0.523 e. The Hall–Kier alpha value is -3.07. The number of nitrogens with zero attached hydrogens (tertiary/aromatic N) is 5. The lowest BCUT2D eigenvalue weighted by molar-refractivity contribution is -0.0539. The molecule has 2 aromatic carbocycles. The Kier molecular flexibility index (Phi) is 18.9. The van der Waals surface area contributed by atoms with Crippen LogP contribution < -0.4 is 5.32 Å². The van der Waals surface area contributed by atoms with E-state index in [0.717, 1.165) is 61.4 Å². The molecule has 61 heavy (non-hydrogen) atoms. The minimum atomic E-state index is -5.35. The van der Waals surface area contributed by atoms with E-state index in [4.69, 9.17) is 9.05 Å².